The van der Waals surface area contributed by atoms with Crippen molar-refractivity contribution in [3.63, 3.8) is 0 Å². The van der Waals surface area contributed by atoms with Crippen LogP contribution in [0.3, 0.4) is 0 Å². The summed E-state index contributed by atoms with van der Waals surface area (Å²) in [5, 5.41) is 3.38. The van der Waals surface area contributed by atoms with Gasteiger partial charge in [0.25, 0.3) is 0 Å². The van der Waals surface area contributed by atoms with Crippen molar-refractivity contribution in [3.05, 3.63) is 11.9 Å². The molecule has 1 saturated heterocycles. The van der Waals surface area contributed by atoms with Gasteiger partial charge in [0.2, 0.25) is 0 Å². The highest BCUT2D eigenvalue weighted by Gasteiger charge is 2.28. The molecular weight excluding hydrogens is 264 g/mol. The van der Waals surface area contributed by atoms with Crippen molar-refractivity contribution in [2.24, 2.45) is 0 Å². The predicted molar refractivity (Wildman–Crippen MR) is 87.1 cm³/mol. The van der Waals surface area contributed by atoms with Crippen LogP contribution in [0.1, 0.15) is 52.8 Å². The highest BCUT2D eigenvalue weighted by Crippen LogP contribution is 2.25. The van der Waals surface area contributed by atoms with Crippen LogP contribution in [0.2, 0.25) is 0 Å². The zero-order chi connectivity index (χ0) is 15.5. The Morgan fingerprint density at radius 2 is 2.14 bits per heavy atom. The van der Waals surface area contributed by atoms with Crippen molar-refractivity contribution >= 4 is 11.6 Å². The van der Waals surface area contributed by atoms with Crippen molar-refractivity contribution in [2.45, 2.75) is 52.6 Å². The van der Waals surface area contributed by atoms with Crippen LogP contribution in [0.15, 0.2) is 6.07 Å². The van der Waals surface area contributed by atoms with E-state index in [4.69, 9.17) is 9.72 Å². The third-order valence-electron chi connectivity index (χ3n) is 3.55. The van der Waals surface area contributed by atoms with E-state index in [0.29, 0.717) is 5.92 Å². The van der Waals surface area contributed by atoms with E-state index in [2.05, 4.69) is 55.9 Å². The van der Waals surface area contributed by atoms with Crippen LogP contribution in [0.4, 0.5) is 11.6 Å². The standard InChI is InChI=1S/C16H28N4O/c1-6-7-17-13-10-14(19-15(18-13)12(2)3)20-8-9-21-16(4,5)11-20/h10,12H,6-9,11H2,1-5H3,(H,17,18,19). The van der Waals surface area contributed by atoms with Gasteiger partial charge in [-0.25, -0.2) is 9.97 Å². The van der Waals surface area contributed by atoms with Gasteiger partial charge in [0.1, 0.15) is 17.5 Å². The molecular formula is C16H28N4O. The Morgan fingerprint density at radius 3 is 2.76 bits per heavy atom. The van der Waals surface area contributed by atoms with E-state index >= 15 is 0 Å². The van der Waals surface area contributed by atoms with Crippen LogP contribution < -0.4 is 10.2 Å². The molecule has 1 aromatic heterocycles. The molecule has 5 nitrogen and oxygen atoms in total. The Morgan fingerprint density at radius 1 is 1.38 bits per heavy atom. The highest BCUT2D eigenvalue weighted by molar-refractivity contribution is 5.50. The fourth-order valence-corrected chi connectivity index (χ4v) is 2.43. The summed E-state index contributed by atoms with van der Waals surface area (Å²) in [5.74, 6) is 3.15. The average Bonchev–Trinajstić information content (AvgIpc) is 2.43. The van der Waals surface area contributed by atoms with Gasteiger partial charge in [-0.15, -0.1) is 0 Å². The number of morpholine rings is 1. The van der Waals surface area contributed by atoms with E-state index in [1.165, 1.54) is 0 Å². The lowest BCUT2D eigenvalue weighted by Crippen LogP contribution is -2.48. The van der Waals surface area contributed by atoms with Gasteiger partial charge < -0.3 is 15.0 Å². The summed E-state index contributed by atoms with van der Waals surface area (Å²) < 4.78 is 5.79. The molecule has 0 unspecified atom stereocenters. The molecule has 5 heteroatoms. The largest absolute Gasteiger partial charge is 0.372 e. The maximum Gasteiger partial charge on any atom is 0.135 e. The SMILES string of the molecule is CCCNc1cc(N2CCOC(C)(C)C2)nc(C(C)C)n1. The summed E-state index contributed by atoms with van der Waals surface area (Å²) in [4.78, 5) is 11.7. The molecule has 1 aromatic rings. The van der Waals surface area contributed by atoms with E-state index < -0.39 is 0 Å². The monoisotopic (exact) mass is 292 g/mol. The van der Waals surface area contributed by atoms with E-state index in [1.54, 1.807) is 0 Å². The molecule has 2 heterocycles. The fourth-order valence-electron chi connectivity index (χ4n) is 2.43. The van der Waals surface area contributed by atoms with Gasteiger partial charge in [-0.05, 0) is 20.3 Å². The number of anilines is 2. The molecule has 0 radical (unpaired) electrons. The molecule has 0 spiro atoms. The summed E-state index contributed by atoms with van der Waals surface area (Å²) in [6.45, 7) is 14.1. The summed E-state index contributed by atoms with van der Waals surface area (Å²) in [6.07, 6.45) is 1.08. The number of hydrogen-bond donors (Lipinski definition) is 1. The van der Waals surface area contributed by atoms with E-state index in [1.807, 2.05) is 0 Å². The van der Waals surface area contributed by atoms with Crippen molar-refractivity contribution < 1.29 is 4.74 Å². The first-order chi connectivity index (χ1) is 9.91. The topological polar surface area (TPSA) is 50.3 Å². The first-order valence-corrected chi connectivity index (χ1v) is 7.93. The molecule has 0 bridgehead atoms. The van der Waals surface area contributed by atoms with Gasteiger partial charge in [0.15, 0.2) is 0 Å². The summed E-state index contributed by atoms with van der Waals surface area (Å²) in [5.41, 5.74) is -0.127. The molecule has 0 aromatic carbocycles. The minimum Gasteiger partial charge on any atom is -0.372 e. The molecule has 118 valence electrons. The minimum atomic E-state index is -0.127. The van der Waals surface area contributed by atoms with Crippen molar-refractivity contribution in [1.82, 2.24) is 9.97 Å². The van der Waals surface area contributed by atoms with Crippen molar-refractivity contribution in [3.8, 4) is 0 Å². The maximum absolute atomic E-state index is 5.79. The lowest BCUT2D eigenvalue weighted by molar-refractivity contribution is -0.0279. The molecule has 1 fully saturated rings. The molecule has 0 aliphatic carbocycles. The molecule has 1 N–H and O–H groups in total. The van der Waals surface area contributed by atoms with Gasteiger partial charge in [0.05, 0.1) is 12.2 Å². The summed E-state index contributed by atoms with van der Waals surface area (Å²) in [7, 11) is 0. The minimum absolute atomic E-state index is 0.127. The van der Waals surface area contributed by atoms with E-state index in [0.717, 1.165) is 50.1 Å². The average molecular weight is 292 g/mol. The van der Waals surface area contributed by atoms with Gasteiger partial charge in [-0.3, -0.25) is 0 Å². The second kappa shape index (κ2) is 6.60. The summed E-state index contributed by atoms with van der Waals surface area (Å²) >= 11 is 0. The van der Waals surface area contributed by atoms with Crippen LogP contribution in [0.25, 0.3) is 0 Å². The fraction of sp³-hybridized carbons (Fsp3) is 0.750. The number of nitrogens with zero attached hydrogens (tertiary/aromatic N) is 3. The zero-order valence-electron chi connectivity index (χ0n) is 13.9. The highest BCUT2D eigenvalue weighted by atomic mass is 16.5. The first-order valence-electron chi connectivity index (χ1n) is 7.93. The third kappa shape index (κ3) is 4.30. The van der Waals surface area contributed by atoms with E-state index in [9.17, 15) is 0 Å². The quantitative estimate of drug-likeness (QED) is 0.904. The lowest BCUT2D eigenvalue weighted by atomic mass is 10.1. The predicted octanol–water partition coefficient (Wildman–Crippen LogP) is 3.04. The molecule has 0 atom stereocenters. The van der Waals surface area contributed by atoms with E-state index in [-0.39, 0.29) is 5.60 Å². The molecule has 2 rings (SSSR count). The smallest absolute Gasteiger partial charge is 0.135 e. The Hall–Kier alpha value is -1.36. The van der Waals surface area contributed by atoms with Crippen LogP contribution in [0.5, 0.6) is 0 Å². The number of hydrogen-bond acceptors (Lipinski definition) is 5. The third-order valence-corrected chi connectivity index (χ3v) is 3.55. The number of aromatic nitrogens is 2. The first kappa shape index (κ1) is 16.0. The number of ether oxygens (including phenoxy) is 1. The number of nitrogens with one attached hydrogen (secondary N) is 1. The van der Waals surface area contributed by atoms with Gasteiger partial charge in [-0.2, -0.15) is 0 Å². The second-order valence-corrected chi connectivity index (χ2v) is 6.58. The Balaban J connectivity index is 2.26. The van der Waals surface area contributed by atoms with Crippen molar-refractivity contribution in [2.75, 3.05) is 36.5 Å². The second-order valence-electron chi connectivity index (χ2n) is 6.58. The van der Waals surface area contributed by atoms with Crippen molar-refractivity contribution in [1.29, 1.82) is 0 Å². The molecule has 0 amide bonds. The maximum atomic E-state index is 5.79. The van der Waals surface area contributed by atoms with Gasteiger partial charge in [-0.1, -0.05) is 20.8 Å². The molecule has 0 saturated carbocycles. The lowest BCUT2D eigenvalue weighted by Gasteiger charge is -2.39. The Labute approximate surface area is 128 Å². The van der Waals surface area contributed by atoms with Crippen LogP contribution in [-0.4, -0.2) is 41.8 Å². The Kier molecular flexibility index (Phi) is 5.04. The van der Waals surface area contributed by atoms with Crippen LogP contribution in [-0.2, 0) is 4.74 Å². The Bertz CT molecular complexity index is 473. The van der Waals surface area contributed by atoms with Crippen LogP contribution >= 0.6 is 0 Å². The van der Waals surface area contributed by atoms with Gasteiger partial charge in [0, 0.05) is 31.6 Å². The summed E-state index contributed by atoms with van der Waals surface area (Å²) in [6, 6.07) is 2.06. The number of rotatable bonds is 5. The zero-order valence-corrected chi connectivity index (χ0v) is 13.9. The van der Waals surface area contributed by atoms with Gasteiger partial charge >= 0.3 is 0 Å². The molecule has 1 aliphatic heterocycles. The normalized spacial score (nSPS) is 18.1. The molecule has 21 heavy (non-hydrogen) atoms. The van der Waals surface area contributed by atoms with Crippen LogP contribution in [0, 0.1) is 0 Å². The molecule has 1 aliphatic rings.